The molecule has 0 bridgehead atoms. The van der Waals surface area contributed by atoms with Crippen molar-refractivity contribution in [3.8, 4) is 0 Å². The first kappa shape index (κ1) is 30.0. The van der Waals surface area contributed by atoms with Crippen LogP contribution in [0.3, 0.4) is 0 Å². The van der Waals surface area contributed by atoms with Crippen molar-refractivity contribution < 1.29 is 22.8 Å². The van der Waals surface area contributed by atoms with Crippen molar-refractivity contribution in [2.45, 2.75) is 63.4 Å². The summed E-state index contributed by atoms with van der Waals surface area (Å²) in [6.07, 6.45) is 2.21. The van der Waals surface area contributed by atoms with E-state index in [1.54, 1.807) is 17.0 Å². The van der Waals surface area contributed by atoms with Crippen LogP contribution in [0.15, 0.2) is 83.8 Å². The molecule has 9 heteroatoms. The van der Waals surface area contributed by atoms with Gasteiger partial charge in [0.15, 0.2) is 0 Å². The smallest absolute Gasteiger partial charge is 0.269 e. The highest BCUT2D eigenvalue weighted by Crippen LogP contribution is 2.30. The molecule has 1 N–H and O–H groups in total. The minimum atomic E-state index is -3.95. The minimum absolute atomic E-state index is 0.0102. The number of unbranched alkanes of at least 4 members (excludes halogenated alkanes) is 1. The van der Waals surface area contributed by atoms with Crippen LogP contribution in [0.25, 0.3) is 0 Å². The summed E-state index contributed by atoms with van der Waals surface area (Å²) >= 11 is 0. The van der Waals surface area contributed by atoms with Gasteiger partial charge in [-0.3, -0.25) is 14.4 Å². The second kappa shape index (κ2) is 13.6. The Bertz CT molecular complexity index is 1470. The zero-order valence-corrected chi connectivity index (χ0v) is 24.4. The third-order valence-electron chi connectivity index (χ3n) is 7.24. The summed E-state index contributed by atoms with van der Waals surface area (Å²) in [5.74, 6) is -1.09. The molecule has 0 unspecified atom stereocenters. The molecule has 216 valence electrons. The van der Waals surface area contributed by atoms with Crippen LogP contribution >= 0.6 is 0 Å². The highest BCUT2D eigenvalue weighted by Gasteiger charge is 2.40. The van der Waals surface area contributed by atoms with E-state index in [9.17, 15) is 22.8 Å². The topological polar surface area (TPSA) is 104 Å². The van der Waals surface area contributed by atoms with Gasteiger partial charge in [0.25, 0.3) is 15.9 Å². The molecular formula is C32H37N3O5S. The number of fused-ring (bicyclic) bond motifs is 1. The Morgan fingerprint density at radius 3 is 2.27 bits per heavy atom. The van der Waals surface area contributed by atoms with E-state index in [0.29, 0.717) is 13.0 Å². The van der Waals surface area contributed by atoms with Crippen molar-refractivity contribution in [2.75, 3.05) is 13.1 Å². The summed E-state index contributed by atoms with van der Waals surface area (Å²) in [6.45, 7) is 4.65. The number of hydrogen-bond acceptors (Lipinski definition) is 5. The van der Waals surface area contributed by atoms with Gasteiger partial charge < -0.3 is 10.2 Å². The van der Waals surface area contributed by atoms with Crippen molar-refractivity contribution in [2.24, 2.45) is 0 Å². The van der Waals surface area contributed by atoms with Gasteiger partial charge in [-0.25, -0.2) is 12.7 Å². The first-order valence-corrected chi connectivity index (χ1v) is 15.5. The van der Waals surface area contributed by atoms with Crippen molar-refractivity contribution in [1.29, 1.82) is 0 Å². The van der Waals surface area contributed by atoms with Crippen molar-refractivity contribution >= 4 is 27.7 Å². The van der Waals surface area contributed by atoms with Gasteiger partial charge in [0.2, 0.25) is 11.8 Å². The molecule has 0 saturated carbocycles. The Labute approximate surface area is 242 Å². The molecule has 1 aliphatic rings. The number of sulfonamides is 1. The quantitative estimate of drug-likeness (QED) is 0.303. The highest BCUT2D eigenvalue weighted by atomic mass is 32.2. The maximum absolute atomic E-state index is 13.8. The van der Waals surface area contributed by atoms with E-state index in [1.165, 1.54) is 12.1 Å². The summed E-state index contributed by atoms with van der Waals surface area (Å²) in [5.41, 5.74) is 3.04. The number of nitrogens with zero attached hydrogens (tertiary/aromatic N) is 2. The van der Waals surface area contributed by atoms with Gasteiger partial charge in [0.1, 0.15) is 10.9 Å². The highest BCUT2D eigenvalue weighted by molar-refractivity contribution is 7.90. The Kier molecular flexibility index (Phi) is 9.94. The van der Waals surface area contributed by atoms with Crippen LogP contribution in [0.2, 0.25) is 0 Å². The zero-order chi connectivity index (χ0) is 29.4. The molecule has 0 fully saturated rings. The van der Waals surface area contributed by atoms with Crippen LogP contribution in [0, 0.1) is 6.92 Å². The standard InChI is InChI=1S/C32H37N3O5S/c1-3-4-20-33-31(37)28(22-25-11-6-5-7-12-25)34(23-26-18-16-24(2)17-19-26)30(36)15-10-21-35-32(38)27-13-8-9-14-29(27)41(35,39)40/h5-9,11-14,16-19,28H,3-4,10,15,20-23H2,1-2H3,(H,33,37)/t28-/m1/s1. The molecule has 41 heavy (non-hydrogen) atoms. The lowest BCUT2D eigenvalue weighted by molar-refractivity contribution is -0.141. The predicted molar refractivity (Wildman–Crippen MR) is 157 cm³/mol. The third kappa shape index (κ3) is 7.21. The number of hydrogen-bond donors (Lipinski definition) is 1. The summed E-state index contributed by atoms with van der Waals surface area (Å²) in [5, 5.41) is 3.00. The van der Waals surface area contributed by atoms with Crippen LogP contribution in [0.5, 0.6) is 0 Å². The van der Waals surface area contributed by atoms with Crippen molar-refractivity contribution in [3.63, 3.8) is 0 Å². The molecule has 0 aromatic heterocycles. The lowest BCUT2D eigenvalue weighted by Gasteiger charge is -2.32. The van der Waals surface area contributed by atoms with E-state index in [0.717, 1.165) is 33.8 Å². The third-order valence-corrected chi connectivity index (χ3v) is 9.08. The van der Waals surface area contributed by atoms with Crippen LogP contribution in [0.1, 0.15) is 59.7 Å². The van der Waals surface area contributed by atoms with Crippen molar-refractivity contribution in [3.05, 3.63) is 101 Å². The fourth-order valence-electron chi connectivity index (χ4n) is 4.92. The van der Waals surface area contributed by atoms with E-state index in [2.05, 4.69) is 5.32 Å². The number of carbonyl (C=O) groups is 3. The number of rotatable bonds is 13. The fourth-order valence-corrected chi connectivity index (χ4v) is 6.53. The van der Waals surface area contributed by atoms with E-state index < -0.39 is 22.0 Å². The molecular weight excluding hydrogens is 538 g/mol. The fraction of sp³-hybridized carbons (Fsp3) is 0.344. The van der Waals surface area contributed by atoms with Crippen LogP contribution in [-0.4, -0.2) is 54.5 Å². The Morgan fingerprint density at radius 1 is 0.902 bits per heavy atom. The SMILES string of the molecule is CCCCNC(=O)[C@@H](Cc1ccccc1)N(Cc1ccc(C)cc1)C(=O)CCCN1C(=O)c2ccccc2S1(=O)=O. The maximum Gasteiger partial charge on any atom is 0.269 e. The molecule has 1 atom stereocenters. The largest absolute Gasteiger partial charge is 0.354 e. The van der Waals surface area contributed by atoms with Gasteiger partial charge >= 0.3 is 0 Å². The molecule has 0 aliphatic carbocycles. The van der Waals surface area contributed by atoms with E-state index in [4.69, 9.17) is 0 Å². The number of benzene rings is 3. The van der Waals surface area contributed by atoms with Crippen LogP contribution in [0.4, 0.5) is 0 Å². The zero-order valence-electron chi connectivity index (χ0n) is 23.6. The second-order valence-corrected chi connectivity index (χ2v) is 12.2. The van der Waals surface area contributed by atoms with Crippen LogP contribution in [-0.2, 0) is 32.6 Å². The molecule has 0 spiro atoms. The Morgan fingerprint density at radius 2 is 1.59 bits per heavy atom. The Balaban J connectivity index is 1.55. The molecule has 0 radical (unpaired) electrons. The molecule has 0 saturated heterocycles. The number of carbonyl (C=O) groups excluding carboxylic acids is 3. The van der Waals surface area contributed by atoms with Gasteiger partial charge in [0, 0.05) is 32.5 Å². The van der Waals surface area contributed by atoms with Crippen LogP contribution < -0.4 is 5.32 Å². The average Bonchev–Trinajstić information content (AvgIpc) is 3.17. The lowest BCUT2D eigenvalue weighted by atomic mass is 10.0. The van der Waals surface area contributed by atoms with Gasteiger partial charge in [0.05, 0.1) is 5.56 Å². The van der Waals surface area contributed by atoms with Gasteiger partial charge in [-0.1, -0.05) is 85.6 Å². The van der Waals surface area contributed by atoms with Gasteiger partial charge in [-0.05, 0) is 43.0 Å². The van der Waals surface area contributed by atoms with E-state index >= 15 is 0 Å². The molecule has 3 amide bonds. The number of amides is 3. The normalized spacial score (nSPS) is 14.4. The minimum Gasteiger partial charge on any atom is -0.354 e. The molecule has 8 nitrogen and oxygen atoms in total. The first-order chi connectivity index (χ1) is 19.7. The molecule has 4 rings (SSSR count). The number of aryl methyl sites for hydroxylation is 1. The van der Waals surface area contributed by atoms with Crippen molar-refractivity contribution in [1.82, 2.24) is 14.5 Å². The van der Waals surface area contributed by atoms with E-state index in [-0.39, 0.29) is 48.2 Å². The molecule has 1 heterocycles. The summed E-state index contributed by atoms with van der Waals surface area (Å²) in [7, 11) is -3.95. The van der Waals surface area contributed by atoms with Gasteiger partial charge in [-0.15, -0.1) is 0 Å². The van der Waals surface area contributed by atoms with Gasteiger partial charge in [-0.2, -0.15) is 0 Å². The molecule has 1 aliphatic heterocycles. The molecule has 3 aromatic carbocycles. The first-order valence-electron chi connectivity index (χ1n) is 14.0. The summed E-state index contributed by atoms with van der Waals surface area (Å²) in [6, 6.07) is 22.7. The lowest BCUT2D eigenvalue weighted by Crippen LogP contribution is -2.50. The summed E-state index contributed by atoms with van der Waals surface area (Å²) < 4.78 is 26.8. The number of nitrogens with one attached hydrogen (secondary N) is 1. The maximum atomic E-state index is 13.8. The predicted octanol–water partition coefficient (Wildman–Crippen LogP) is 4.48. The monoisotopic (exact) mass is 575 g/mol. The second-order valence-electron chi connectivity index (χ2n) is 10.3. The van der Waals surface area contributed by atoms with E-state index in [1.807, 2.05) is 68.4 Å². The average molecular weight is 576 g/mol. The molecule has 3 aromatic rings. The summed E-state index contributed by atoms with van der Waals surface area (Å²) in [4.78, 5) is 41.7. The Hall–Kier alpha value is -3.98.